The lowest BCUT2D eigenvalue weighted by molar-refractivity contribution is -0.118. The van der Waals surface area contributed by atoms with Gasteiger partial charge in [0.25, 0.3) is 0 Å². The van der Waals surface area contributed by atoms with E-state index in [-0.39, 0.29) is 20.1 Å². The van der Waals surface area contributed by atoms with Gasteiger partial charge < -0.3 is 19.5 Å². The number of hydrogen-bond donors (Lipinski definition) is 1. The van der Waals surface area contributed by atoms with Gasteiger partial charge in [0, 0.05) is 11.3 Å². The maximum atomic E-state index is 13.3. The summed E-state index contributed by atoms with van der Waals surface area (Å²) in [5, 5.41) is 3.18. The van der Waals surface area contributed by atoms with Gasteiger partial charge in [-0.2, -0.15) is 0 Å². The summed E-state index contributed by atoms with van der Waals surface area (Å²) in [4.78, 5) is 13.3. The fourth-order valence-electron chi connectivity index (χ4n) is 4.14. The molecule has 0 spiro atoms. The summed E-state index contributed by atoms with van der Waals surface area (Å²) < 4.78 is 16.4. The van der Waals surface area contributed by atoms with Crippen molar-refractivity contribution in [1.82, 2.24) is 0 Å². The van der Waals surface area contributed by atoms with Crippen molar-refractivity contribution < 1.29 is 19.0 Å². The third-order valence-corrected chi connectivity index (χ3v) is 6.09. The van der Waals surface area contributed by atoms with Crippen LogP contribution in [0.5, 0.6) is 17.2 Å². The van der Waals surface area contributed by atoms with Gasteiger partial charge in [0.15, 0.2) is 11.5 Å². The van der Waals surface area contributed by atoms with Crippen LogP contribution in [0.3, 0.4) is 0 Å². The van der Waals surface area contributed by atoms with Crippen LogP contribution < -0.4 is 19.5 Å². The summed E-state index contributed by atoms with van der Waals surface area (Å²) in [6, 6.07) is 19.7. The molecule has 1 heterocycles. The summed E-state index contributed by atoms with van der Waals surface area (Å²) in [7, 11) is 1.67. The minimum absolute atomic E-state index is 0. The maximum Gasteiger partial charge on any atom is 0.235 e. The van der Waals surface area contributed by atoms with Crippen LogP contribution in [0, 0.1) is 6.92 Å². The van der Waals surface area contributed by atoms with E-state index in [0.717, 1.165) is 52.3 Å². The molecule has 0 atom stereocenters. The minimum atomic E-state index is -0.506. The highest BCUT2D eigenvalue weighted by Gasteiger charge is 2.51. The highest BCUT2D eigenvalue weighted by Crippen LogP contribution is 2.51. The molecule has 1 N–H and O–H groups in total. The van der Waals surface area contributed by atoms with Gasteiger partial charge in [-0.3, -0.25) is 4.79 Å². The number of anilines is 1. The van der Waals surface area contributed by atoms with Crippen molar-refractivity contribution >= 4 is 11.6 Å². The van der Waals surface area contributed by atoms with E-state index in [4.69, 9.17) is 14.2 Å². The number of ether oxygens (including phenoxy) is 3. The van der Waals surface area contributed by atoms with E-state index in [9.17, 15) is 4.79 Å². The average Bonchev–Trinajstić information content (AvgIpc) is 3.46. The number of para-hydroxylation sites is 1. The first-order chi connectivity index (χ1) is 14.6. The van der Waals surface area contributed by atoms with Crippen molar-refractivity contribution in [2.45, 2.75) is 32.6 Å². The molecule has 1 saturated carbocycles. The summed E-state index contributed by atoms with van der Waals surface area (Å²) in [6.45, 7) is 2.25. The SMILES string of the molecule is C.COc1ccccc1-c1cccc(NC(=O)C2(c3ccc4c(c3)OCO4)CC2)c1C. The van der Waals surface area contributed by atoms with E-state index in [2.05, 4.69) is 5.32 Å². The standard InChI is InChI=1S/C25H23NO4.CH4/c1-16-18(19-6-3-4-9-21(19)28-2)7-5-8-20(16)26-24(27)25(12-13-25)17-10-11-22-23(14-17)30-15-29-22;/h3-11,14H,12-13,15H2,1-2H3,(H,26,27);1H4. The Hall–Kier alpha value is -3.47. The number of hydrogen-bond acceptors (Lipinski definition) is 4. The predicted octanol–water partition coefficient (Wildman–Crippen LogP) is 5.71. The van der Waals surface area contributed by atoms with Crippen molar-refractivity contribution in [3.8, 4) is 28.4 Å². The second kappa shape index (κ2) is 7.99. The second-order valence-electron chi connectivity index (χ2n) is 7.78. The Morgan fingerprint density at radius 1 is 0.968 bits per heavy atom. The lowest BCUT2D eigenvalue weighted by Gasteiger charge is -2.19. The quantitative estimate of drug-likeness (QED) is 0.578. The molecule has 31 heavy (non-hydrogen) atoms. The Morgan fingerprint density at radius 3 is 2.48 bits per heavy atom. The third kappa shape index (κ3) is 3.50. The highest BCUT2D eigenvalue weighted by atomic mass is 16.7. The van der Waals surface area contributed by atoms with Crippen LogP contribution in [0.15, 0.2) is 60.7 Å². The van der Waals surface area contributed by atoms with Crippen molar-refractivity contribution in [2.75, 3.05) is 19.2 Å². The molecule has 1 aliphatic carbocycles. The van der Waals surface area contributed by atoms with E-state index < -0.39 is 5.41 Å². The van der Waals surface area contributed by atoms with Crippen LogP contribution in [0.25, 0.3) is 11.1 Å². The van der Waals surface area contributed by atoms with Gasteiger partial charge in [0.2, 0.25) is 12.7 Å². The average molecular weight is 418 g/mol. The first kappa shape index (κ1) is 20.8. The fourth-order valence-corrected chi connectivity index (χ4v) is 4.14. The van der Waals surface area contributed by atoms with Gasteiger partial charge in [-0.25, -0.2) is 0 Å². The van der Waals surface area contributed by atoms with Gasteiger partial charge in [-0.1, -0.05) is 43.8 Å². The number of carbonyl (C=O) groups excluding carboxylic acids is 1. The third-order valence-electron chi connectivity index (χ3n) is 6.09. The molecule has 1 aliphatic heterocycles. The van der Waals surface area contributed by atoms with Crippen LogP contribution in [-0.2, 0) is 10.2 Å². The first-order valence-electron chi connectivity index (χ1n) is 10.1. The fraction of sp³-hybridized carbons (Fsp3) is 0.269. The van der Waals surface area contributed by atoms with Gasteiger partial charge >= 0.3 is 0 Å². The van der Waals surface area contributed by atoms with E-state index in [1.165, 1.54) is 0 Å². The van der Waals surface area contributed by atoms with Crippen molar-refractivity contribution in [2.24, 2.45) is 0 Å². The van der Waals surface area contributed by atoms with Crippen molar-refractivity contribution in [3.05, 3.63) is 71.8 Å². The van der Waals surface area contributed by atoms with Crippen LogP contribution in [0.4, 0.5) is 5.69 Å². The number of nitrogens with one attached hydrogen (secondary N) is 1. The zero-order chi connectivity index (χ0) is 20.7. The van der Waals surface area contributed by atoms with Crippen molar-refractivity contribution in [3.63, 3.8) is 0 Å². The number of amides is 1. The van der Waals surface area contributed by atoms with Crippen LogP contribution in [0.2, 0.25) is 0 Å². The summed E-state index contributed by atoms with van der Waals surface area (Å²) in [6.07, 6.45) is 1.65. The van der Waals surface area contributed by atoms with E-state index in [1.54, 1.807) is 7.11 Å². The van der Waals surface area contributed by atoms with Crippen molar-refractivity contribution in [1.29, 1.82) is 0 Å². The Kier molecular flexibility index (Phi) is 5.36. The Labute approximate surface area is 183 Å². The monoisotopic (exact) mass is 417 g/mol. The second-order valence-corrected chi connectivity index (χ2v) is 7.78. The molecule has 0 bridgehead atoms. The number of carbonyl (C=O) groups is 1. The molecule has 1 fully saturated rings. The molecule has 0 unspecified atom stereocenters. The summed E-state index contributed by atoms with van der Waals surface area (Å²) in [5.74, 6) is 2.26. The maximum absolute atomic E-state index is 13.3. The molecule has 0 saturated heterocycles. The topological polar surface area (TPSA) is 56.8 Å². The van der Waals surface area contributed by atoms with Crippen LogP contribution >= 0.6 is 0 Å². The number of fused-ring (bicyclic) bond motifs is 1. The molecule has 0 radical (unpaired) electrons. The number of benzene rings is 3. The summed E-state index contributed by atoms with van der Waals surface area (Å²) >= 11 is 0. The highest BCUT2D eigenvalue weighted by molar-refractivity contribution is 6.02. The van der Waals surface area contributed by atoms with E-state index in [0.29, 0.717) is 5.75 Å². The van der Waals surface area contributed by atoms with E-state index >= 15 is 0 Å². The molecule has 5 nitrogen and oxygen atoms in total. The molecular weight excluding hydrogens is 390 g/mol. The first-order valence-corrected chi connectivity index (χ1v) is 10.1. The molecule has 160 valence electrons. The molecule has 5 rings (SSSR count). The molecule has 5 heteroatoms. The van der Waals surface area contributed by atoms with Crippen LogP contribution in [-0.4, -0.2) is 19.8 Å². The lowest BCUT2D eigenvalue weighted by Crippen LogP contribution is -2.28. The smallest absolute Gasteiger partial charge is 0.235 e. The normalized spacial score (nSPS) is 15.0. The number of methoxy groups -OCH3 is 1. The van der Waals surface area contributed by atoms with Gasteiger partial charge in [-0.15, -0.1) is 0 Å². The molecule has 3 aromatic carbocycles. The Balaban J connectivity index is 0.00000231. The Bertz CT molecular complexity index is 1130. The van der Waals surface area contributed by atoms with Gasteiger partial charge in [0.1, 0.15) is 5.75 Å². The lowest BCUT2D eigenvalue weighted by atomic mass is 9.93. The Morgan fingerprint density at radius 2 is 1.71 bits per heavy atom. The molecule has 0 aromatic heterocycles. The largest absolute Gasteiger partial charge is 0.496 e. The molecule has 3 aromatic rings. The van der Waals surface area contributed by atoms with Gasteiger partial charge in [-0.05, 0) is 60.7 Å². The molecular formula is C26H27NO4. The minimum Gasteiger partial charge on any atom is -0.496 e. The number of rotatable bonds is 5. The molecule has 2 aliphatic rings. The van der Waals surface area contributed by atoms with Crippen LogP contribution in [0.1, 0.15) is 31.4 Å². The zero-order valence-electron chi connectivity index (χ0n) is 17.0. The summed E-state index contributed by atoms with van der Waals surface area (Å²) in [5.41, 5.74) is 4.34. The van der Waals surface area contributed by atoms with Gasteiger partial charge in [0.05, 0.1) is 12.5 Å². The predicted molar refractivity (Wildman–Crippen MR) is 122 cm³/mol. The molecule has 1 amide bonds. The zero-order valence-corrected chi connectivity index (χ0v) is 17.0. The van der Waals surface area contributed by atoms with E-state index in [1.807, 2.05) is 67.6 Å².